The summed E-state index contributed by atoms with van der Waals surface area (Å²) >= 11 is 0. The highest BCUT2D eigenvalue weighted by atomic mass is 16.5. The molecular formula is C7H11NO3. The minimum atomic E-state index is -0.661. The van der Waals surface area contributed by atoms with Crippen LogP contribution in [-0.4, -0.2) is 18.5 Å². The molecule has 0 aromatic rings. The lowest BCUT2D eigenvalue weighted by Gasteiger charge is -2.15. The van der Waals surface area contributed by atoms with Gasteiger partial charge in [-0.25, -0.2) is 0 Å². The van der Waals surface area contributed by atoms with E-state index in [1.807, 2.05) is 0 Å². The van der Waals surface area contributed by atoms with Crippen LogP contribution < -0.4 is 5.73 Å². The molecule has 0 aromatic heterocycles. The molecule has 0 radical (unpaired) electrons. The maximum absolute atomic E-state index is 11.0. The number of esters is 1. The SMILES string of the molecule is C[C@@]1(CC(N)=O)CCOC1=O. The van der Waals surface area contributed by atoms with Crippen molar-refractivity contribution in [2.45, 2.75) is 19.8 Å². The fraction of sp³-hybridized carbons (Fsp3) is 0.714. The van der Waals surface area contributed by atoms with Gasteiger partial charge in [-0.15, -0.1) is 0 Å². The first-order valence-electron chi connectivity index (χ1n) is 3.50. The maximum Gasteiger partial charge on any atom is 0.312 e. The zero-order valence-corrected chi connectivity index (χ0v) is 6.42. The summed E-state index contributed by atoms with van der Waals surface area (Å²) in [7, 11) is 0. The molecule has 11 heavy (non-hydrogen) atoms. The van der Waals surface area contributed by atoms with E-state index in [9.17, 15) is 9.59 Å². The largest absolute Gasteiger partial charge is 0.465 e. The molecule has 1 fully saturated rings. The summed E-state index contributed by atoms with van der Waals surface area (Å²) < 4.78 is 4.72. The minimum absolute atomic E-state index is 0.0891. The molecule has 0 aromatic carbocycles. The van der Waals surface area contributed by atoms with E-state index in [0.29, 0.717) is 13.0 Å². The average molecular weight is 157 g/mol. The Morgan fingerprint density at radius 1 is 1.82 bits per heavy atom. The Bertz CT molecular complexity index is 202. The molecule has 1 saturated heterocycles. The summed E-state index contributed by atoms with van der Waals surface area (Å²) in [5.74, 6) is -0.761. The molecule has 1 aliphatic heterocycles. The quantitative estimate of drug-likeness (QED) is 0.565. The molecule has 1 heterocycles. The number of hydrogen-bond acceptors (Lipinski definition) is 3. The van der Waals surface area contributed by atoms with Gasteiger partial charge in [-0.1, -0.05) is 0 Å². The summed E-state index contributed by atoms with van der Waals surface area (Å²) in [6, 6.07) is 0. The Morgan fingerprint density at radius 2 is 2.45 bits per heavy atom. The second-order valence-corrected chi connectivity index (χ2v) is 3.09. The first-order chi connectivity index (χ1) is 5.04. The zero-order chi connectivity index (χ0) is 8.48. The highest BCUT2D eigenvalue weighted by Crippen LogP contribution is 2.32. The van der Waals surface area contributed by atoms with Crippen molar-refractivity contribution in [3.63, 3.8) is 0 Å². The standard InChI is InChI=1S/C7H11NO3/c1-7(4-5(8)9)2-3-11-6(7)10/h2-4H2,1H3,(H2,8,9)/t7-/m0/s1. The van der Waals surface area contributed by atoms with Gasteiger partial charge in [-0.3, -0.25) is 9.59 Å². The van der Waals surface area contributed by atoms with Crippen LogP contribution in [0, 0.1) is 5.41 Å². The van der Waals surface area contributed by atoms with E-state index in [-0.39, 0.29) is 12.4 Å². The van der Waals surface area contributed by atoms with Gasteiger partial charge >= 0.3 is 5.97 Å². The van der Waals surface area contributed by atoms with Crippen LogP contribution in [0.25, 0.3) is 0 Å². The Hall–Kier alpha value is -1.06. The lowest BCUT2D eigenvalue weighted by Crippen LogP contribution is -2.29. The number of hydrogen-bond donors (Lipinski definition) is 1. The second-order valence-electron chi connectivity index (χ2n) is 3.09. The number of carbonyl (C=O) groups is 2. The second kappa shape index (κ2) is 2.53. The third kappa shape index (κ3) is 1.50. The molecule has 1 atom stereocenters. The van der Waals surface area contributed by atoms with Crippen molar-refractivity contribution in [3.8, 4) is 0 Å². The van der Waals surface area contributed by atoms with E-state index < -0.39 is 11.3 Å². The van der Waals surface area contributed by atoms with Crippen molar-refractivity contribution >= 4 is 11.9 Å². The third-order valence-electron chi connectivity index (χ3n) is 1.94. The lowest BCUT2D eigenvalue weighted by atomic mass is 9.85. The Labute approximate surface area is 64.7 Å². The molecule has 1 amide bonds. The summed E-state index contributed by atoms with van der Waals surface area (Å²) in [4.78, 5) is 21.5. The number of carbonyl (C=O) groups excluding carboxylic acids is 2. The monoisotopic (exact) mass is 157 g/mol. The molecule has 62 valence electrons. The van der Waals surface area contributed by atoms with Gasteiger partial charge < -0.3 is 10.5 Å². The molecule has 0 spiro atoms. The van der Waals surface area contributed by atoms with Gasteiger partial charge in [0.05, 0.1) is 12.0 Å². The van der Waals surface area contributed by atoms with Crippen LogP contribution in [0.3, 0.4) is 0 Å². The number of primary amides is 1. The Kier molecular flexibility index (Phi) is 1.85. The summed E-state index contributed by atoms with van der Waals surface area (Å²) in [5.41, 5.74) is 4.31. The molecule has 1 aliphatic rings. The fourth-order valence-electron chi connectivity index (χ4n) is 1.19. The molecule has 0 aliphatic carbocycles. The normalized spacial score (nSPS) is 30.1. The Morgan fingerprint density at radius 3 is 2.82 bits per heavy atom. The topological polar surface area (TPSA) is 69.4 Å². The van der Waals surface area contributed by atoms with E-state index in [4.69, 9.17) is 10.5 Å². The number of rotatable bonds is 2. The maximum atomic E-state index is 11.0. The zero-order valence-electron chi connectivity index (χ0n) is 6.42. The summed E-state index contributed by atoms with van der Waals surface area (Å²) in [6.45, 7) is 2.11. The van der Waals surface area contributed by atoms with Gasteiger partial charge in [0, 0.05) is 6.42 Å². The van der Waals surface area contributed by atoms with Crippen LogP contribution >= 0.6 is 0 Å². The average Bonchev–Trinajstić information content (AvgIpc) is 2.11. The van der Waals surface area contributed by atoms with Gasteiger partial charge in [-0.05, 0) is 13.3 Å². The first-order valence-corrected chi connectivity index (χ1v) is 3.50. The van der Waals surface area contributed by atoms with Crippen LogP contribution in [0.2, 0.25) is 0 Å². The van der Waals surface area contributed by atoms with Crippen molar-refractivity contribution in [1.82, 2.24) is 0 Å². The molecule has 0 bridgehead atoms. The van der Waals surface area contributed by atoms with Crippen molar-refractivity contribution in [2.75, 3.05) is 6.61 Å². The van der Waals surface area contributed by atoms with Crippen LogP contribution in [0.5, 0.6) is 0 Å². The molecule has 4 nitrogen and oxygen atoms in total. The van der Waals surface area contributed by atoms with Crippen molar-refractivity contribution in [3.05, 3.63) is 0 Å². The van der Waals surface area contributed by atoms with Gasteiger partial charge in [0.15, 0.2) is 0 Å². The lowest BCUT2D eigenvalue weighted by molar-refractivity contribution is -0.147. The molecule has 0 unspecified atom stereocenters. The van der Waals surface area contributed by atoms with Gasteiger partial charge in [0.1, 0.15) is 0 Å². The predicted molar refractivity (Wildman–Crippen MR) is 37.5 cm³/mol. The van der Waals surface area contributed by atoms with Crippen LogP contribution in [0.15, 0.2) is 0 Å². The summed E-state index contributed by atoms with van der Waals surface area (Å²) in [5, 5.41) is 0. The Balaban J connectivity index is 2.65. The smallest absolute Gasteiger partial charge is 0.312 e. The van der Waals surface area contributed by atoms with Crippen LogP contribution in [-0.2, 0) is 14.3 Å². The van der Waals surface area contributed by atoms with Gasteiger partial charge in [0.25, 0.3) is 0 Å². The summed E-state index contributed by atoms with van der Waals surface area (Å²) in [6.07, 6.45) is 0.681. The molecule has 1 rings (SSSR count). The van der Waals surface area contributed by atoms with E-state index in [1.165, 1.54) is 0 Å². The fourth-order valence-corrected chi connectivity index (χ4v) is 1.19. The number of nitrogens with two attached hydrogens (primary N) is 1. The number of amides is 1. The van der Waals surface area contributed by atoms with E-state index in [1.54, 1.807) is 6.92 Å². The first kappa shape index (κ1) is 8.04. The highest BCUT2D eigenvalue weighted by Gasteiger charge is 2.41. The van der Waals surface area contributed by atoms with Gasteiger partial charge in [0.2, 0.25) is 5.91 Å². The van der Waals surface area contributed by atoms with Crippen LogP contribution in [0.1, 0.15) is 19.8 Å². The van der Waals surface area contributed by atoms with E-state index in [2.05, 4.69) is 0 Å². The minimum Gasteiger partial charge on any atom is -0.465 e. The van der Waals surface area contributed by atoms with Crippen LogP contribution in [0.4, 0.5) is 0 Å². The van der Waals surface area contributed by atoms with E-state index in [0.717, 1.165) is 0 Å². The predicted octanol–water partition coefficient (Wildman–Crippen LogP) is -0.185. The van der Waals surface area contributed by atoms with Crippen molar-refractivity contribution in [1.29, 1.82) is 0 Å². The highest BCUT2D eigenvalue weighted by molar-refractivity contribution is 5.85. The number of cyclic esters (lactones) is 1. The van der Waals surface area contributed by atoms with Gasteiger partial charge in [-0.2, -0.15) is 0 Å². The number of ether oxygens (including phenoxy) is 1. The van der Waals surface area contributed by atoms with E-state index >= 15 is 0 Å². The molecule has 0 saturated carbocycles. The molecular weight excluding hydrogens is 146 g/mol. The molecule has 4 heteroatoms. The van der Waals surface area contributed by atoms with Crippen molar-refractivity contribution < 1.29 is 14.3 Å². The third-order valence-corrected chi connectivity index (χ3v) is 1.94. The molecule has 2 N–H and O–H groups in total. The van der Waals surface area contributed by atoms with Crippen molar-refractivity contribution in [2.24, 2.45) is 11.1 Å².